The molecule has 1 atom stereocenters. The maximum Gasteiger partial charge on any atom is 0.229 e. The third kappa shape index (κ3) is 4.71. The number of nitrogens with zero attached hydrogens (tertiary/aromatic N) is 5. The molecule has 0 radical (unpaired) electrons. The minimum absolute atomic E-state index is 0.0337. The van der Waals surface area contributed by atoms with Gasteiger partial charge in [-0.1, -0.05) is 12.1 Å². The van der Waals surface area contributed by atoms with Crippen molar-refractivity contribution in [1.82, 2.24) is 24.8 Å². The van der Waals surface area contributed by atoms with Crippen LogP contribution in [0.1, 0.15) is 36.6 Å². The van der Waals surface area contributed by atoms with Gasteiger partial charge in [-0.3, -0.25) is 10.1 Å². The number of nitrogens with one attached hydrogen (secondary N) is 1. The second-order valence-corrected chi connectivity index (χ2v) is 7.10. The highest BCUT2D eigenvalue weighted by atomic mass is 16.5. The quantitative estimate of drug-likeness (QED) is 0.646. The fourth-order valence-corrected chi connectivity index (χ4v) is 3.64. The van der Waals surface area contributed by atoms with E-state index in [0.717, 1.165) is 36.4 Å². The SMILES string of the molecule is COc1ccc(CCC(=O)N2CCC[C@H]2c2ccnc(Nc3ncccn3)n2)cc1. The minimum atomic E-state index is -0.0337. The fourth-order valence-electron chi connectivity index (χ4n) is 3.64. The van der Waals surface area contributed by atoms with Gasteiger partial charge in [0, 0.05) is 31.6 Å². The molecule has 1 fully saturated rings. The van der Waals surface area contributed by atoms with Gasteiger partial charge in [0.1, 0.15) is 5.75 Å². The van der Waals surface area contributed by atoms with Gasteiger partial charge >= 0.3 is 0 Å². The summed E-state index contributed by atoms with van der Waals surface area (Å²) in [6, 6.07) is 11.4. The number of rotatable bonds is 7. The maximum absolute atomic E-state index is 12.9. The molecule has 0 saturated carbocycles. The van der Waals surface area contributed by atoms with Crippen LogP contribution in [-0.2, 0) is 11.2 Å². The lowest BCUT2D eigenvalue weighted by atomic mass is 10.1. The highest BCUT2D eigenvalue weighted by Gasteiger charge is 2.30. The fraction of sp³-hybridized carbons (Fsp3) is 0.318. The number of benzene rings is 1. The Labute approximate surface area is 175 Å². The van der Waals surface area contributed by atoms with E-state index >= 15 is 0 Å². The molecule has 0 bridgehead atoms. The Hall–Kier alpha value is -3.55. The second kappa shape index (κ2) is 9.30. The number of hydrogen-bond donors (Lipinski definition) is 1. The van der Waals surface area contributed by atoms with Crippen LogP contribution in [0.2, 0.25) is 0 Å². The Balaban J connectivity index is 1.41. The van der Waals surface area contributed by atoms with Gasteiger partial charge in [-0.25, -0.2) is 19.9 Å². The molecule has 154 valence electrons. The summed E-state index contributed by atoms with van der Waals surface area (Å²) in [5, 5.41) is 3.01. The molecule has 2 aromatic heterocycles. The Morgan fingerprint density at radius 3 is 2.63 bits per heavy atom. The van der Waals surface area contributed by atoms with Crippen LogP contribution >= 0.6 is 0 Å². The summed E-state index contributed by atoms with van der Waals surface area (Å²) >= 11 is 0. The molecule has 0 unspecified atom stereocenters. The van der Waals surface area contributed by atoms with Gasteiger partial charge in [0.15, 0.2) is 0 Å². The van der Waals surface area contributed by atoms with Gasteiger partial charge in [-0.2, -0.15) is 0 Å². The first-order chi connectivity index (χ1) is 14.7. The lowest BCUT2D eigenvalue weighted by molar-refractivity contribution is -0.132. The van der Waals surface area contributed by atoms with E-state index in [1.54, 1.807) is 31.8 Å². The number of ether oxygens (including phenoxy) is 1. The van der Waals surface area contributed by atoms with Crippen molar-refractivity contribution in [2.75, 3.05) is 19.0 Å². The Bertz CT molecular complexity index is 980. The zero-order valence-electron chi connectivity index (χ0n) is 16.9. The van der Waals surface area contributed by atoms with Crippen molar-refractivity contribution >= 4 is 17.8 Å². The molecule has 1 aliphatic heterocycles. The number of anilines is 2. The standard InChI is InChI=1S/C22H24N6O2/c1-30-17-8-5-16(6-9-17)7-10-20(29)28-15-2-4-19(28)18-11-14-25-22(26-18)27-21-23-12-3-13-24-21/h3,5-6,8-9,11-14,19H,2,4,7,10,15H2,1H3,(H,23,24,25,26,27)/t19-/m0/s1. The molecule has 4 rings (SSSR count). The van der Waals surface area contributed by atoms with Crippen LogP contribution in [0.4, 0.5) is 11.9 Å². The number of hydrogen-bond acceptors (Lipinski definition) is 7. The molecule has 3 heterocycles. The van der Waals surface area contributed by atoms with Crippen LogP contribution in [0.25, 0.3) is 0 Å². The molecule has 1 saturated heterocycles. The van der Waals surface area contributed by atoms with Crippen molar-refractivity contribution in [1.29, 1.82) is 0 Å². The van der Waals surface area contributed by atoms with Crippen molar-refractivity contribution in [3.63, 3.8) is 0 Å². The van der Waals surface area contributed by atoms with Crippen LogP contribution in [0.3, 0.4) is 0 Å². The van der Waals surface area contributed by atoms with E-state index in [2.05, 4.69) is 25.3 Å². The number of likely N-dealkylation sites (tertiary alicyclic amines) is 1. The van der Waals surface area contributed by atoms with Crippen LogP contribution in [0, 0.1) is 0 Å². The molecule has 1 aliphatic rings. The highest BCUT2D eigenvalue weighted by Crippen LogP contribution is 2.32. The molecule has 0 aliphatic carbocycles. The van der Waals surface area contributed by atoms with E-state index in [0.29, 0.717) is 24.7 Å². The summed E-state index contributed by atoms with van der Waals surface area (Å²) in [7, 11) is 1.65. The van der Waals surface area contributed by atoms with Gasteiger partial charge in [0.05, 0.1) is 18.8 Å². The van der Waals surface area contributed by atoms with Gasteiger partial charge in [0.2, 0.25) is 17.8 Å². The molecule has 8 nitrogen and oxygen atoms in total. The highest BCUT2D eigenvalue weighted by molar-refractivity contribution is 5.77. The zero-order chi connectivity index (χ0) is 20.8. The maximum atomic E-state index is 12.9. The van der Waals surface area contributed by atoms with E-state index in [4.69, 9.17) is 4.74 Å². The molecule has 0 spiro atoms. The van der Waals surface area contributed by atoms with Crippen LogP contribution in [0.5, 0.6) is 5.75 Å². The molecular formula is C22H24N6O2. The van der Waals surface area contributed by atoms with Gasteiger partial charge in [-0.05, 0) is 49.1 Å². The first-order valence-electron chi connectivity index (χ1n) is 10.0. The Kier molecular flexibility index (Phi) is 6.12. The summed E-state index contributed by atoms with van der Waals surface area (Å²) in [6.45, 7) is 0.751. The molecular weight excluding hydrogens is 380 g/mol. The summed E-state index contributed by atoms with van der Waals surface area (Å²) in [5.74, 6) is 1.83. The van der Waals surface area contributed by atoms with Crippen LogP contribution in [0.15, 0.2) is 55.0 Å². The number of carbonyl (C=O) groups is 1. The number of carbonyl (C=O) groups excluding carboxylic acids is 1. The number of amides is 1. The average Bonchev–Trinajstić information content (AvgIpc) is 3.29. The third-order valence-corrected chi connectivity index (χ3v) is 5.17. The molecule has 1 amide bonds. The smallest absolute Gasteiger partial charge is 0.229 e. The average molecular weight is 404 g/mol. The molecule has 30 heavy (non-hydrogen) atoms. The van der Waals surface area contributed by atoms with E-state index < -0.39 is 0 Å². The van der Waals surface area contributed by atoms with Crippen molar-refractivity contribution in [2.24, 2.45) is 0 Å². The number of aromatic nitrogens is 4. The summed E-state index contributed by atoms with van der Waals surface area (Å²) in [6.07, 6.45) is 8.04. The molecule has 8 heteroatoms. The predicted octanol–water partition coefficient (Wildman–Crippen LogP) is 3.32. The predicted molar refractivity (Wildman–Crippen MR) is 112 cm³/mol. The molecule has 1 aromatic carbocycles. The van der Waals surface area contributed by atoms with Gasteiger partial charge in [0.25, 0.3) is 0 Å². The second-order valence-electron chi connectivity index (χ2n) is 7.10. The number of methoxy groups -OCH3 is 1. The molecule has 3 aromatic rings. The number of aryl methyl sites for hydroxylation is 1. The summed E-state index contributed by atoms with van der Waals surface area (Å²) in [4.78, 5) is 32.0. The first-order valence-corrected chi connectivity index (χ1v) is 10.0. The molecule has 1 N–H and O–H groups in total. The largest absolute Gasteiger partial charge is 0.497 e. The van der Waals surface area contributed by atoms with E-state index in [1.165, 1.54) is 0 Å². The van der Waals surface area contributed by atoms with E-state index in [1.807, 2.05) is 35.2 Å². The minimum Gasteiger partial charge on any atom is -0.497 e. The van der Waals surface area contributed by atoms with Gasteiger partial charge in [-0.15, -0.1) is 0 Å². The zero-order valence-corrected chi connectivity index (χ0v) is 16.9. The first kappa shape index (κ1) is 19.8. The lowest BCUT2D eigenvalue weighted by Gasteiger charge is -2.24. The van der Waals surface area contributed by atoms with E-state index in [-0.39, 0.29) is 11.9 Å². The van der Waals surface area contributed by atoms with Gasteiger partial charge < -0.3 is 9.64 Å². The van der Waals surface area contributed by atoms with E-state index in [9.17, 15) is 4.79 Å². The van der Waals surface area contributed by atoms with Crippen molar-refractivity contribution < 1.29 is 9.53 Å². The summed E-state index contributed by atoms with van der Waals surface area (Å²) in [5.41, 5.74) is 1.95. The third-order valence-electron chi connectivity index (χ3n) is 5.17. The van der Waals surface area contributed by atoms with Crippen LogP contribution in [-0.4, -0.2) is 44.4 Å². The normalized spacial score (nSPS) is 15.8. The topological polar surface area (TPSA) is 93.1 Å². The monoisotopic (exact) mass is 404 g/mol. The van der Waals surface area contributed by atoms with Crippen molar-refractivity contribution in [3.8, 4) is 5.75 Å². The Morgan fingerprint density at radius 1 is 1.10 bits per heavy atom. The summed E-state index contributed by atoms with van der Waals surface area (Å²) < 4.78 is 5.19. The van der Waals surface area contributed by atoms with Crippen molar-refractivity contribution in [2.45, 2.75) is 31.7 Å². The van der Waals surface area contributed by atoms with Crippen LogP contribution < -0.4 is 10.1 Å². The lowest BCUT2D eigenvalue weighted by Crippen LogP contribution is -2.31. The Morgan fingerprint density at radius 2 is 1.87 bits per heavy atom. The van der Waals surface area contributed by atoms with Crippen molar-refractivity contribution in [3.05, 3.63) is 66.2 Å².